The van der Waals surface area contributed by atoms with Gasteiger partial charge >= 0.3 is 11.8 Å². The summed E-state index contributed by atoms with van der Waals surface area (Å²) in [4.78, 5) is 30.6. The summed E-state index contributed by atoms with van der Waals surface area (Å²) in [6.45, 7) is 7.03. The Hall–Kier alpha value is -3.23. The van der Waals surface area contributed by atoms with Crippen molar-refractivity contribution in [1.29, 1.82) is 0 Å². The molecule has 8 heteroatoms. The molecule has 2 aromatic carbocycles. The van der Waals surface area contributed by atoms with Gasteiger partial charge in [0.25, 0.3) is 0 Å². The summed E-state index contributed by atoms with van der Waals surface area (Å²) in [5.74, 6) is -1.50. The van der Waals surface area contributed by atoms with Gasteiger partial charge in [-0.25, -0.2) is 4.39 Å². The third kappa shape index (κ3) is 6.26. The molecule has 35 heavy (non-hydrogen) atoms. The van der Waals surface area contributed by atoms with Crippen molar-refractivity contribution in [3.63, 3.8) is 0 Å². The standard InChI is InChI=1S/C27H31FN4O2S/c1-19-9-11-21(12-10-19)18-29-26(33)27(34)30-20(2)25(24-8-5-17-35-24)32-15-13-31(14-16-32)23-7-4-3-6-22(23)28/h3-12,17,20,25H,13-16,18H2,1-2H3,(H,29,33)(H,30,34)/t20-,25+/m0/s1. The molecule has 0 saturated carbocycles. The first-order valence-corrected chi connectivity index (χ1v) is 12.7. The van der Waals surface area contributed by atoms with Crippen LogP contribution in [0.3, 0.4) is 0 Å². The number of thiophene rings is 1. The normalized spacial score (nSPS) is 15.9. The van der Waals surface area contributed by atoms with Crippen molar-refractivity contribution < 1.29 is 14.0 Å². The highest BCUT2D eigenvalue weighted by atomic mass is 32.1. The van der Waals surface area contributed by atoms with Crippen molar-refractivity contribution in [3.8, 4) is 0 Å². The number of amides is 2. The number of para-hydroxylation sites is 1. The molecule has 1 fully saturated rings. The summed E-state index contributed by atoms with van der Waals surface area (Å²) in [6.07, 6.45) is 0. The van der Waals surface area contributed by atoms with Gasteiger partial charge in [0.1, 0.15) is 5.82 Å². The van der Waals surface area contributed by atoms with E-state index in [1.807, 2.05) is 55.6 Å². The van der Waals surface area contributed by atoms with E-state index in [1.54, 1.807) is 23.5 Å². The largest absolute Gasteiger partial charge is 0.367 e. The van der Waals surface area contributed by atoms with Gasteiger partial charge in [-0.05, 0) is 43.0 Å². The van der Waals surface area contributed by atoms with Gasteiger partial charge in [0.05, 0.1) is 11.7 Å². The summed E-state index contributed by atoms with van der Waals surface area (Å²) < 4.78 is 14.3. The molecule has 2 N–H and O–H groups in total. The zero-order valence-electron chi connectivity index (χ0n) is 20.0. The second-order valence-corrected chi connectivity index (χ2v) is 9.84. The summed E-state index contributed by atoms with van der Waals surface area (Å²) in [6, 6.07) is 18.3. The van der Waals surface area contributed by atoms with E-state index in [1.165, 1.54) is 6.07 Å². The molecule has 2 heterocycles. The number of halogens is 1. The zero-order valence-corrected chi connectivity index (χ0v) is 20.9. The number of hydrogen-bond donors (Lipinski definition) is 2. The number of hydrogen-bond acceptors (Lipinski definition) is 5. The van der Waals surface area contributed by atoms with E-state index < -0.39 is 11.8 Å². The summed E-state index contributed by atoms with van der Waals surface area (Å²) in [5.41, 5.74) is 2.70. The van der Waals surface area contributed by atoms with Gasteiger partial charge in [-0.1, -0.05) is 48.0 Å². The van der Waals surface area contributed by atoms with Crippen LogP contribution in [0.25, 0.3) is 0 Å². The van der Waals surface area contributed by atoms with Crippen LogP contribution < -0.4 is 15.5 Å². The van der Waals surface area contributed by atoms with E-state index >= 15 is 0 Å². The van der Waals surface area contributed by atoms with Crippen molar-refractivity contribution >= 4 is 28.8 Å². The molecule has 6 nitrogen and oxygen atoms in total. The molecule has 0 unspecified atom stereocenters. The number of carbonyl (C=O) groups is 2. The number of nitrogens with one attached hydrogen (secondary N) is 2. The lowest BCUT2D eigenvalue weighted by atomic mass is 10.0. The molecule has 0 radical (unpaired) electrons. The quantitative estimate of drug-likeness (QED) is 0.490. The number of anilines is 1. The maximum atomic E-state index is 14.3. The monoisotopic (exact) mass is 494 g/mol. The maximum absolute atomic E-state index is 14.3. The smallest absolute Gasteiger partial charge is 0.309 e. The lowest BCUT2D eigenvalue weighted by Gasteiger charge is -2.42. The highest BCUT2D eigenvalue weighted by Gasteiger charge is 2.32. The Morgan fingerprint density at radius 1 is 0.971 bits per heavy atom. The molecule has 0 spiro atoms. The molecule has 4 rings (SSSR count). The van der Waals surface area contributed by atoms with E-state index in [9.17, 15) is 14.0 Å². The molecule has 1 aliphatic heterocycles. The molecule has 184 valence electrons. The minimum Gasteiger partial charge on any atom is -0.367 e. The highest BCUT2D eigenvalue weighted by molar-refractivity contribution is 7.10. The van der Waals surface area contributed by atoms with E-state index in [-0.39, 0.29) is 17.9 Å². The number of nitrogens with zero attached hydrogens (tertiary/aromatic N) is 2. The Kier molecular flexibility index (Phi) is 8.15. The third-order valence-corrected chi connectivity index (χ3v) is 7.29. The molecular weight excluding hydrogens is 463 g/mol. The second kappa shape index (κ2) is 11.5. The predicted molar refractivity (Wildman–Crippen MR) is 138 cm³/mol. The first-order chi connectivity index (χ1) is 16.9. The zero-order chi connectivity index (χ0) is 24.8. The lowest BCUT2D eigenvalue weighted by Crippen LogP contribution is -2.53. The Labute approximate surface area is 209 Å². The van der Waals surface area contributed by atoms with Crippen LogP contribution in [0.15, 0.2) is 66.0 Å². The summed E-state index contributed by atoms with van der Waals surface area (Å²) in [7, 11) is 0. The number of carbonyl (C=O) groups excluding carboxylic acids is 2. The van der Waals surface area contributed by atoms with Crippen LogP contribution in [-0.4, -0.2) is 48.9 Å². The minimum atomic E-state index is -0.647. The number of rotatable bonds is 7. The Bertz CT molecular complexity index is 1130. The molecule has 3 aromatic rings. The van der Waals surface area contributed by atoms with Crippen LogP contribution in [-0.2, 0) is 16.1 Å². The van der Waals surface area contributed by atoms with Crippen LogP contribution in [0, 0.1) is 12.7 Å². The van der Waals surface area contributed by atoms with Crippen molar-refractivity contribution in [2.45, 2.75) is 32.5 Å². The van der Waals surface area contributed by atoms with Gasteiger partial charge < -0.3 is 15.5 Å². The minimum absolute atomic E-state index is 0.0772. The van der Waals surface area contributed by atoms with Crippen LogP contribution in [0.4, 0.5) is 10.1 Å². The summed E-state index contributed by atoms with van der Waals surface area (Å²) in [5, 5.41) is 7.62. The number of aryl methyl sites for hydroxylation is 1. The topological polar surface area (TPSA) is 64.7 Å². The SMILES string of the molecule is Cc1ccc(CNC(=O)C(=O)N[C@@H](C)[C@H](c2cccs2)N2CCN(c3ccccc3F)CC2)cc1. The van der Waals surface area contributed by atoms with E-state index in [0.29, 0.717) is 25.3 Å². The molecular formula is C27H31FN4O2S. The van der Waals surface area contributed by atoms with Crippen molar-refractivity contribution in [2.24, 2.45) is 0 Å². The van der Waals surface area contributed by atoms with Crippen molar-refractivity contribution in [2.75, 3.05) is 31.1 Å². The van der Waals surface area contributed by atoms with Gasteiger partial charge in [-0.15, -0.1) is 11.3 Å². The van der Waals surface area contributed by atoms with E-state index in [0.717, 1.165) is 29.1 Å². The first kappa shape index (κ1) is 24.9. The summed E-state index contributed by atoms with van der Waals surface area (Å²) >= 11 is 1.63. The molecule has 1 aromatic heterocycles. The fraction of sp³-hybridized carbons (Fsp3) is 0.333. The molecule has 1 aliphatic rings. The molecule has 2 atom stereocenters. The fourth-order valence-electron chi connectivity index (χ4n) is 4.47. The number of benzene rings is 2. The molecule has 0 aliphatic carbocycles. The lowest BCUT2D eigenvalue weighted by molar-refractivity contribution is -0.140. The van der Waals surface area contributed by atoms with Gasteiger partial charge in [0.15, 0.2) is 0 Å². The Morgan fingerprint density at radius 2 is 1.69 bits per heavy atom. The maximum Gasteiger partial charge on any atom is 0.309 e. The van der Waals surface area contributed by atoms with Crippen molar-refractivity contribution in [1.82, 2.24) is 15.5 Å². The van der Waals surface area contributed by atoms with Gasteiger partial charge in [0, 0.05) is 43.6 Å². The first-order valence-electron chi connectivity index (χ1n) is 11.8. The number of piperazine rings is 1. The molecule has 2 amide bonds. The van der Waals surface area contributed by atoms with Crippen LogP contribution in [0.5, 0.6) is 0 Å². The van der Waals surface area contributed by atoms with Crippen LogP contribution in [0.1, 0.15) is 29.0 Å². The second-order valence-electron chi connectivity index (χ2n) is 8.87. The Morgan fingerprint density at radius 3 is 2.34 bits per heavy atom. The predicted octanol–water partition coefficient (Wildman–Crippen LogP) is 3.88. The van der Waals surface area contributed by atoms with Gasteiger partial charge in [0.2, 0.25) is 0 Å². The average molecular weight is 495 g/mol. The molecule has 0 bridgehead atoms. The Balaban J connectivity index is 1.37. The fourth-order valence-corrected chi connectivity index (χ4v) is 5.44. The molecule has 1 saturated heterocycles. The van der Waals surface area contributed by atoms with Gasteiger partial charge in [-0.3, -0.25) is 14.5 Å². The van der Waals surface area contributed by atoms with E-state index in [4.69, 9.17) is 0 Å². The average Bonchev–Trinajstić information content (AvgIpc) is 3.39. The van der Waals surface area contributed by atoms with Crippen LogP contribution in [0.2, 0.25) is 0 Å². The van der Waals surface area contributed by atoms with Crippen molar-refractivity contribution in [3.05, 3.63) is 87.9 Å². The van der Waals surface area contributed by atoms with E-state index in [2.05, 4.69) is 26.5 Å². The van der Waals surface area contributed by atoms with Gasteiger partial charge in [-0.2, -0.15) is 0 Å². The third-order valence-electron chi connectivity index (χ3n) is 6.35. The van der Waals surface area contributed by atoms with Crippen LogP contribution >= 0.6 is 11.3 Å². The highest BCUT2D eigenvalue weighted by Crippen LogP contribution is 2.30.